The molecule has 4 rings (SSSR count). The SMILES string of the molecule is O=C(Nc1cc(-c2ccccc2)nc(-c2ccccc2)c1)c1ccccc1. The van der Waals surface area contributed by atoms with Crippen molar-refractivity contribution in [1.29, 1.82) is 0 Å². The molecule has 0 spiro atoms. The largest absolute Gasteiger partial charge is 0.322 e. The minimum atomic E-state index is -0.139. The summed E-state index contributed by atoms with van der Waals surface area (Å²) in [5, 5.41) is 3.00. The quantitative estimate of drug-likeness (QED) is 0.515. The lowest BCUT2D eigenvalue weighted by molar-refractivity contribution is 0.102. The molecule has 130 valence electrons. The van der Waals surface area contributed by atoms with Crippen LogP contribution in [0, 0.1) is 0 Å². The van der Waals surface area contributed by atoms with E-state index in [0.29, 0.717) is 5.56 Å². The van der Waals surface area contributed by atoms with Gasteiger partial charge < -0.3 is 5.32 Å². The van der Waals surface area contributed by atoms with Crippen molar-refractivity contribution in [2.24, 2.45) is 0 Å². The molecule has 1 amide bonds. The summed E-state index contributed by atoms with van der Waals surface area (Å²) in [6.07, 6.45) is 0. The number of pyridine rings is 1. The summed E-state index contributed by atoms with van der Waals surface area (Å²) in [5.74, 6) is -0.139. The van der Waals surface area contributed by atoms with Crippen molar-refractivity contribution >= 4 is 11.6 Å². The summed E-state index contributed by atoms with van der Waals surface area (Å²) in [7, 11) is 0. The topological polar surface area (TPSA) is 42.0 Å². The summed E-state index contributed by atoms with van der Waals surface area (Å²) >= 11 is 0. The van der Waals surface area contributed by atoms with Crippen molar-refractivity contribution in [2.75, 3.05) is 5.32 Å². The number of rotatable bonds is 4. The fourth-order valence-electron chi connectivity index (χ4n) is 2.91. The van der Waals surface area contributed by atoms with E-state index in [1.54, 1.807) is 12.1 Å². The van der Waals surface area contributed by atoms with E-state index in [-0.39, 0.29) is 5.91 Å². The molecule has 1 aromatic heterocycles. The molecule has 0 atom stereocenters. The van der Waals surface area contributed by atoms with Gasteiger partial charge in [-0.1, -0.05) is 78.9 Å². The van der Waals surface area contributed by atoms with Gasteiger partial charge in [0.2, 0.25) is 0 Å². The van der Waals surface area contributed by atoms with E-state index in [1.807, 2.05) is 91.0 Å². The molecule has 0 aliphatic carbocycles. The monoisotopic (exact) mass is 350 g/mol. The van der Waals surface area contributed by atoms with Gasteiger partial charge in [-0.3, -0.25) is 4.79 Å². The predicted octanol–water partition coefficient (Wildman–Crippen LogP) is 5.67. The van der Waals surface area contributed by atoms with Gasteiger partial charge in [-0.25, -0.2) is 4.98 Å². The van der Waals surface area contributed by atoms with Crippen LogP contribution in [0.15, 0.2) is 103 Å². The number of hydrogen-bond donors (Lipinski definition) is 1. The molecule has 0 saturated heterocycles. The third kappa shape index (κ3) is 3.93. The molecule has 3 aromatic carbocycles. The number of aromatic nitrogens is 1. The van der Waals surface area contributed by atoms with E-state index in [1.165, 1.54) is 0 Å². The lowest BCUT2D eigenvalue weighted by Gasteiger charge is -2.11. The van der Waals surface area contributed by atoms with Crippen molar-refractivity contribution in [1.82, 2.24) is 4.98 Å². The average Bonchev–Trinajstić information content (AvgIpc) is 2.75. The highest BCUT2D eigenvalue weighted by atomic mass is 16.1. The number of anilines is 1. The Morgan fingerprint density at radius 3 is 1.56 bits per heavy atom. The zero-order valence-electron chi connectivity index (χ0n) is 14.7. The van der Waals surface area contributed by atoms with Crippen LogP contribution in [-0.2, 0) is 0 Å². The molecular formula is C24H18N2O. The van der Waals surface area contributed by atoms with Crippen molar-refractivity contribution in [2.45, 2.75) is 0 Å². The van der Waals surface area contributed by atoms with Gasteiger partial charge in [0.15, 0.2) is 0 Å². The van der Waals surface area contributed by atoms with Gasteiger partial charge in [-0.2, -0.15) is 0 Å². The lowest BCUT2D eigenvalue weighted by Crippen LogP contribution is -2.12. The second kappa shape index (κ2) is 7.67. The molecule has 0 fully saturated rings. The second-order valence-electron chi connectivity index (χ2n) is 6.18. The normalized spacial score (nSPS) is 10.4. The molecule has 1 N–H and O–H groups in total. The van der Waals surface area contributed by atoms with Crippen LogP contribution in [0.25, 0.3) is 22.5 Å². The third-order valence-corrected chi connectivity index (χ3v) is 4.26. The van der Waals surface area contributed by atoms with Gasteiger partial charge in [-0.15, -0.1) is 0 Å². The van der Waals surface area contributed by atoms with Gasteiger partial charge in [0.25, 0.3) is 5.91 Å². The van der Waals surface area contributed by atoms with Crippen LogP contribution in [0.3, 0.4) is 0 Å². The van der Waals surface area contributed by atoms with Crippen molar-refractivity contribution in [3.05, 3.63) is 109 Å². The van der Waals surface area contributed by atoms with E-state index in [9.17, 15) is 4.79 Å². The van der Waals surface area contributed by atoms with Crippen LogP contribution < -0.4 is 5.32 Å². The highest BCUT2D eigenvalue weighted by Crippen LogP contribution is 2.27. The molecule has 0 aliphatic heterocycles. The molecule has 3 heteroatoms. The molecule has 1 heterocycles. The maximum Gasteiger partial charge on any atom is 0.255 e. The average molecular weight is 350 g/mol. The first-order valence-electron chi connectivity index (χ1n) is 8.79. The van der Waals surface area contributed by atoms with E-state index < -0.39 is 0 Å². The molecule has 0 bridgehead atoms. The summed E-state index contributed by atoms with van der Waals surface area (Å²) in [5.41, 5.74) is 4.99. The smallest absolute Gasteiger partial charge is 0.255 e. The number of amides is 1. The zero-order valence-corrected chi connectivity index (χ0v) is 14.7. The summed E-state index contributed by atoms with van der Waals surface area (Å²) in [6.45, 7) is 0. The molecule has 3 nitrogen and oxygen atoms in total. The summed E-state index contributed by atoms with van der Waals surface area (Å²) in [6, 6.07) is 32.9. The van der Waals surface area contributed by atoms with Crippen LogP contribution in [0.1, 0.15) is 10.4 Å². The fourth-order valence-corrected chi connectivity index (χ4v) is 2.91. The summed E-state index contributed by atoms with van der Waals surface area (Å²) < 4.78 is 0. The number of benzene rings is 3. The van der Waals surface area contributed by atoms with Gasteiger partial charge in [-0.05, 0) is 24.3 Å². The first kappa shape index (κ1) is 16.7. The number of nitrogens with zero attached hydrogens (tertiary/aromatic N) is 1. The predicted molar refractivity (Wildman–Crippen MR) is 110 cm³/mol. The molecule has 0 unspecified atom stereocenters. The maximum atomic E-state index is 12.6. The van der Waals surface area contributed by atoms with Crippen LogP contribution in [0.4, 0.5) is 5.69 Å². The first-order chi connectivity index (χ1) is 13.3. The van der Waals surface area contributed by atoms with Gasteiger partial charge in [0, 0.05) is 22.4 Å². The van der Waals surface area contributed by atoms with E-state index in [4.69, 9.17) is 4.98 Å². The van der Waals surface area contributed by atoms with Gasteiger partial charge in [0.05, 0.1) is 11.4 Å². The standard InChI is InChI=1S/C24H18N2O/c27-24(20-14-8-3-9-15-20)25-21-16-22(18-10-4-1-5-11-18)26-23(17-21)19-12-6-2-7-13-19/h1-17H,(H,25,26,27). The number of hydrogen-bond acceptors (Lipinski definition) is 2. The molecular weight excluding hydrogens is 332 g/mol. The minimum Gasteiger partial charge on any atom is -0.322 e. The molecule has 0 saturated carbocycles. The maximum absolute atomic E-state index is 12.6. The van der Waals surface area contributed by atoms with E-state index in [2.05, 4.69) is 5.32 Å². The van der Waals surface area contributed by atoms with Crippen LogP contribution in [0.5, 0.6) is 0 Å². The Morgan fingerprint density at radius 1 is 0.630 bits per heavy atom. The van der Waals surface area contributed by atoms with E-state index in [0.717, 1.165) is 28.2 Å². The van der Waals surface area contributed by atoms with E-state index >= 15 is 0 Å². The van der Waals surface area contributed by atoms with Crippen molar-refractivity contribution < 1.29 is 4.79 Å². The fraction of sp³-hybridized carbons (Fsp3) is 0. The second-order valence-corrected chi connectivity index (χ2v) is 6.18. The minimum absolute atomic E-state index is 0.139. The number of carbonyl (C=O) groups is 1. The Kier molecular flexibility index (Phi) is 4.75. The molecule has 0 radical (unpaired) electrons. The molecule has 27 heavy (non-hydrogen) atoms. The lowest BCUT2D eigenvalue weighted by atomic mass is 10.1. The van der Waals surface area contributed by atoms with Crippen LogP contribution in [0.2, 0.25) is 0 Å². The Hall–Kier alpha value is -3.72. The van der Waals surface area contributed by atoms with Crippen molar-refractivity contribution in [3.63, 3.8) is 0 Å². The Morgan fingerprint density at radius 2 is 1.07 bits per heavy atom. The highest BCUT2D eigenvalue weighted by molar-refractivity contribution is 6.04. The van der Waals surface area contributed by atoms with Gasteiger partial charge >= 0.3 is 0 Å². The third-order valence-electron chi connectivity index (χ3n) is 4.26. The van der Waals surface area contributed by atoms with Crippen LogP contribution in [-0.4, -0.2) is 10.9 Å². The zero-order chi connectivity index (χ0) is 18.5. The highest BCUT2D eigenvalue weighted by Gasteiger charge is 2.10. The summed E-state index contributed by atoms with van der Waals surface area (Å²) in [4.78, 5) is 17.4. The number of nitrogens with one attached hydrogen (secondary N) is 1. The number of carbonyl (C=O) groups excluding carboxylic acids is 1. The first-order valence-corrected chi connectivity index (χ1v) is 8.79. The molecule has 0 aliphatic rings. The van der Waals surface area contributed by atoms with Crippen molar-refractivity contribution in [3.8, 4) is 22.5 Å². The van der Waals surface area contributed by atoms with Gasteiger partial charge in [0.1, 0.15) is 0 Å². The van der Waals surface area contributed by atoms with Crippen LogP contribution >= 0.6 is 0 Å². The molecule has 4 aromatic rings. The Bertz CT molecular complexity index is 988. The Labute approximate surface area is 158 Å². The Balaban J connectivity index is 1.75.